The molecule has 3 aromatic rings. The van der Waals surface area contributed by atoms with Gasteiger partial charge in [0.05, 0.1) is 6.04 Å². The molecule has 230 valence electrons. The Labute approximate surface area is 260 Å². The molecule has 0 aromatic heterocycles. The monoisotopic (exact) mass is 617 g/mol. The number of carbonyl (C=O) groups is 4. The van der Waals surface area contributed by atoms with Gasteiger partial charge < -0.3 is 25.2 Å². The van der Waals surface area contributed by atoms with Crippen molar-refractivity contribution in [3.8, 4) is 0 Å². The molecule has 2 unspecified atom stereocenters. The average molecular weight is 618 g/mol. The third-order valence-corrected chi connectivity index (χ3v) is 9.20. The Morgan fingerprint density at radius 3 is 2.14 bits per heavy atom. The van der Waals surface area contributed by atoms with E-state index in [9.17, 15) is 29.4 Å². The van der Waals surface area contributed by atoms with Crippen molar-refractivity contribution in [1.82, 2.24) is 15.1 Å². The molecular weight excluding hydrogens is 582 g/mol. The fourth-order valence-electron chi connectivity index (χ4n) is 5.63. The Balaban J connectivity index is 1.37. The maximum Gasteiger partial charge on any atom is 0.410 e. The molecule has 2 aliphatic rings. The highest BCUT2D eigenvalue weighted by Crippen LogP contribution is 2.43. The van der Waals surface area contributed by atoms with E-state index in [-0.39, 0.29) is 24.7 Å². The minimum atomic E-state index is -1.85. The molecule has 3 aromatic carbocycles. The number of aliphatic carboxylic acids is 1. The zero-order chi connectivity index (χ0) is 31.1. The number of carboxylic acids is 1. The van der Waals surface area contributed by atoms with Crippen LogP contribution in [0, 0.1) is 0 Å². The van der Waals surface area contributed by atoms with E-state index in [0.717, 1.165) is 16.7 Å². The van der Waals surface area contributed by atoms with Gasteiger partial charge in [-0.15, -0.1) is 11.8 Å². The second-order valence-electron chi connectivity index (χ2n) is 10.8. The number of hydrogen-bond donors (Lipinski definition) is 3. The first-order chi connectivity index (χ1) is 21.3. The Hall–Kier alpha value is -4.35. The number of aliphatic hydroxyl groups is 1. The zero-order valence-electron chi connectivity index (χ0n) is 24.0. The third kappa shape index (κ3) is 7.23. The van der Waals surface area contributed by atoms with E-state index >= 15 is 0 Å². The minimum absolute atomic E-state index is 0.0724. The summed E-state index contributed by atoms with van der Waals surface area (Å²) in [7, 11) is 0. The minimum Gasteiger partial charge on any atom is -0.479 e. The number of carboxylic acid groups (broad SMARTS) is 1. The van der Waals surface area contributed by atoms with Crippen molar-refractivity contribution in [2.24, 2.45) is 0 Å². The molecule has 5 rings (SSSR count). The quantitative estimate of drug-likeness (QED) is 0.314. The van der Waals surface area contributed by atoms with Crippen LogP contribution in [0.4, 0.5) is 4.79 Å². The molecule has 0 spiro atoms. The van der Waals surface area contributed by atoms with E-state index in [1.807, 2.05) is 66.7 Å². The van der Waals surface area contributed by atoms with Gasteiger partial charge in [-0.2, -0.15) is 0 Å². The van der Waals surface area contributed by atoms with E-state index in [1.165, 1.54) is 21.6 Å². The molecule has 2 saturated heterocycles. The Morgan fingerprint density at radius 1 is 0.886 bits per heavy atom. The van der Waals surface area contributed by atoms with Crippen LogP contribution in [-0.4, -0.2) is 80.4 Å². The van der Waals surface area contributed by atoms with E-state index < -0.39 is 47.6 Å². The lowest BCUT2D eigenvalue weighted by atomic mass is 10.0. The molecule has 5 atom stereocenters. The summed E-state index contributed by atoms with van der Waals surface area (Å²) in [5.74, 6) is -2.15. The van der Waals surface area contributed by atoms with Crippen LogP contribution in [0.25, 0.3) is 0 Å². The number of nitrogens with one attached hydrogen (secondary N) is 1. The van der Waals surface area contributed by atoms with Crippen LogP contribution in [-0.2, 0) is 32.1 Å². The van der Waals surface area contributed by atoms with E-state index in [4.69, 9.17) is 4.74 Å². The van der Waals surface area contributed by atoms with Gasteiger partial charge in [0.1, 0.15) is 24.1 Å². The molecule has 44 heavy (non-hydrogen) atoms. The van der Waals surface area contributed by atoms with Crippen LogP contribution >= 0.6 is 11.8 Å². The molecule has 0 saturated carbocycles. The summed E-state index contributed by atoms with van der Waals surface area (Å²) >= 11 is 1.42. The molecular formula is C33H35N3O7S. The normalized spacial score (nSPS) is 21.0. The van der Waals surface area contributed by atoms with E-state index in [2.05, 4.69) is 5.32 Å². The van der Waals surface area contributed by atoms with Crippen molar-refractivity contribution in [1.29, 1.82) is 0 Å². The predicted octanol–water partition coefficient (Wildman–Crippen LogP) is 3.60. The third-order valence-electron chi connectivity index (χ3n) is 7.88. The second kappa shape index (κ2) is 14.4. The number of rotatable bonds is 10. The van der Waals surface area contributed by atoms with Crippen LogP contribution < -0.4 is 5.32 Å². The van der Waals surface area contributed by atoms with Gasteiger partial charge in [0.2, 0.25) is 11.8 Å². The van der Waals surface area contributed by atoms with Crippen LogP contribution in [0.3, 0.4) is 0 Å². The highest BCUT2D eigenvalue weighted by atomic mass is 32.2. The largest absolute Gasteiger partial charge is 0.479 e. The molecule has 3 amide bonds. The SMILES string of the molecule is O=C(O)C(O)[C@H](Cc1ccccc1)NC(=O)[C@@H]1CSC(c2ccccc2)N1C(=O)[C@@H]1CCCN1C(=O)OCc1ccccc1. The Bertz CT molecular complexity index is 1440. The summed E-state index contributed by atoms with van der Waals surface area (Å²) in [5.41, 5.74) is 2.39. The predicted molar refractivity (Wildman–Crippen MR) is 164 cm³/mol. The Morgan fingerprint density at radius 2 is 1.50 bits per heavy atom. The number of aliphatic hydroxyl groups excluding tert-OH is 1. The number of hydrogen-bond acceptors (Lipinski definition) is 7. The van der Waals surface area contributed by atoms with Crippen LogP contribution in [0.15, 0.2) is 91.0 Å². The van der Waals surface area contributed by atoms with Gasteiger partial charge in [0, 0.05) is 12.3 Å². The summed E-state index contributed by atoms with van der Waals surface area (Å²) in [4.78, 5) is 55.9. The molecule has 2 aliphatic heterocycles. The number of thioether (sulfide) groups is 1. The fourth-order valence-corrected chi connectivity index (χ4v) is 7.07. The van der Waals surface area contributed by atoms with Crippen LogP contribution in [0.5, 0.6) is 0 Å². The van der Waals surface area contributed by atoms with Gasteiger partial charge in [-0.05, 0) is 36.0 Å². The van der Waals surface area contributed by atoms with Gasteiger partial charge >= 0.3 is 12.1 Å². The second-order valence-corrected chi connectivity index (χ2v) is 12.0. The molecule has 10 nitrogen and oxygen atoms in total. The van der Waals surface area contributed by atoms with Crippen molar-refractivity contribution in [2.75, 3.05) is 12.3 Å². The highest BCUT2D eigenvalue weighted by Gasteiger charge is 2.48. The summed E-state index contributed by atoms with van der Waals surface area (Å²) in [5, 5.41) is 22.3. The van der Waals surface area contributed by atoms with Gasteiger partial charge in [-0.25, -0.2) is 9.59 Å². The summed E-state index contributed by atoms with van der Waals surface area (Å²) in [6.45, 7) is 0.421. The van der Waals surface area contributed by atoms with Gasteiger partial charge in [-0.3, -0.25) is 14.5 Å². The first-order valence-electron chi connectivity index (χ1n) is 14.5. The molecule has 3 N–H and O–H groups in total. The number of carbonyl (C=O) groups excluding carboxylic acids is 3. The van der Waals surface area contributed by atoms with Crippen molar-refractivity contribution >= 4 is 35.6 Å². The van der Waals surface area contributed by atoms with Crippen LogP contribution in [0.1, 0.15) is 34.9 Å². The van der Waals surface area contributed by atoms with E-state index in [1.54, 1.807) is 24.3 Å². The molecule has 0 aliphatic carbocycles. The standard InChI is InChI=1S/C33H35N3O7S/c37-28(32(40)41)25(19-22-11-4-1-5-12-22)34-29(38)27-21-44-31(24-15-8-3-9-16-24)36(27)30(39)26-17-10-18-35(26)33(42)43-20-23-13-6-2-7-14-23/h1-9,11-16,25-28,31,37H,10,17-21H2,(H,34,38)(H,40,41)/t25-,26-,27-,28?,31?/m0/s1. The molecule has 0 radical (unpaired) electrons. The number of nitrogens with zero attached hydrogens (tertiary/aromatic N) is 2. The number of benzene rings is 3. The highest BCUT2D eigenvalue weighted by molar-refractivity contribution is 7.99. The molecule has 11 heteroatoms. The molecule has 2 heterocycles. The van der Waals surface area contributed by atoms with Crippen molar-refractivity contribution in [2.45, 2.75) is 55.5 Å². The number of likely N-dealkylation sites (tertiary alicyclic amines) is 1. The summed E-state index contributed by atoms with van der Waals surface area (Å²) in [6.07, 6.45) is -1.34. The first-order valence-corrected chi connectivity index (χ1v) is 15.6. The van der Waals surface area contributed by atoms with Gasteiger partial charge in [0.15, 0.2) is 6.10 Å². The summed E-state index contributed by atoms with van der Waals surface area (Å²) < 4.78 is 5.55. The smallest absolute Gasteiger partial charge is 0.410 e. The zero-order valence-corrected chi connectivity index (χ0v) is 24.8. The average Bonchev–Trinajstić information content (AvgIpc) is 3.73. The molecule has 2 fully saturated rings. The van der Waals surface area contributed by atoms with Crippen molar-refractivity contribution in [3.63, 3.8) is 0 Å². The first kappa shape index (κ1) is 31.1. The Kier molecular flexibility index (Phi) is 10.2. The topological polar surface area (TPSA) is 136 Å². The number of amides is 3. The van der Waals surface area contributed by atoms with E-state index in [0.29, 0.717) is 19.4 Å². The van der Waals surface area contributed by atoms with Crippen LogP contribution in [0.2, 0.25) is 0 Å². The number of ether oxygens (including phenoxy) is 1. The van der Waals surface area contributed by atoms with Gasteiger partial charge in [-0.1, -0.05) is 91.0 Å². The van der Waals surface area contributed by atoms with Crippen molar-refractivity contribution in [3.05, 3.63) is 108 Å². The lowest BCUT2D eigenvalue weighted by Gasteiger charge is -2.34. The fraction of sp³-hybridized carbons (Fsp3) is 0.333. The maximum absolute atomic E-state index is 14.3. The molecule has 0 bridgehead atoms. The maximum atomic E-state index is 14.3. The lowest BCUT2D eigenvalue weighted by Crippen LogP contribution is -2.57. The van der Waals surface area contributed by atoms with Crippen molar-refractivity contribution < 1.29 is 34.1 Å². The summed E-state index contributed by atoms with van der Waals surface area (Å²) in [6, 6.07) is 24.7. The van der Waals surface area contributed by atoms with Gasteiger partial charge in [0.25, 0.3) is 0 Å². The lowest BCUT2D eigenvalue weighted by molar-refractivity contribution is -0.149.